The summed E-state index contributed by atoms with van der Waals surface area (Å²) in [5, 5.41) is 2.47. The molecule has 166 valence electrons. The van der Waals surface area contributed by atoms with E-state index < -0.39 is 23.7 Å². The third-order valence-corrected chi connectivity index (χ3v) is 6.57. The topological polar surface area (TPSA) is 69.7 Å². The average Bonchev–Trinajstić information content (AvgIpc) is 2.71. The van der Waals surface area contributed by atoms with Crippen LogP contribution in [0.2, 0.25) is 5.02 Å². The fraction of sp³-hybridized carbons (Fsp3) is 0.292. The summed E-state index contributed by atoms with van der Waals surface area (Å²) in [6, 6.07) is 8.06. The Morgan fingerprint density at radius 2 is 1.84 bits per heavy atom. The van der Waals surface area contributed by atoms with Gasteiger partial charge in [0.15, 0.2) is 0 Å². The summed E-state index contributed by atoms with van der Waals surface area (Å²) in [5.74, 6) is -2.29. The molecule has 1 fully saturated rings. The van der Waals surface area contributed by atoms with Crippen LogP contribution in [0.5, 0.6) is 0 Å². The molecular weight excluding hydrogens is 433 g/mol. The smallest absolute Gasteiger partial charge is 0.336 e. The normalized spacial score (nSPS) is 21.6. The van der Waals surface area contributed by atoms with Crippen LogP contribution in [-0.2, 0) is 9.59 Å². The number of imide groups is 2. The van der Waals surface area contributed by atoms with E-state index in [2.05, 4.69) is 31.0 Å². The number of urea groups is 1. The number of nitrogens with one attached hydrogen (secondary N) is 1. The van der Waals surface area contributed by atoms with E-state index in [9.17, 15) is 18.8 Å². The Morgan fingerprint density at radius 3 is 2.53 bits per heavy atom. The molecule has 8 heteroatoms. The Morgan fingerprint density at radius 1 is 1.16 bits per heavy atom. The zero-order chi connectivity index (χ0) is 23.4. The van der Waals surface area contributed by atoms with Crippen LogP contribution in [0.15, 0.2) is 42.0 Å². The molecule has 1 unspecified atom stereocenters. The molecule has 1 N–H and O–H groups in total. The number of amides is 4. The SMILES string of the molecule is CC1CC(C)(C)N(C)c2cc(Cl)c(/C=C3/C(=O)NC(=O)N(c4ccccc4F)C3=O)cc21. The van der Waals surface area contributed by atoms with E-state index >= 15 is 0 Å². The van der Waals surface area contributed by atoms with Crippen molar-refractivity contribution in [2.24, 2.45) is 0 Å². The van der Waals surface area contributed by atoms with Crippen molar-refractivity contribution >= 4 is 46.9 Å². The Kier molecular flexibility index (Phi) is 5.33. The molecule has 0 bridgehead atoms. The van der Waals surface area contributed by atoms with Crippen molar-refractivity contribution < 1.29 is 18.8 Å². The van der Waals surface area contributed by atoms with Gasteiger partial charge in [-0.25, -0.2) is 14.1 Å². The molecule has 4 rings (SSSR count). The number of nitrogens with zero attached hydrogens (tertiary/aromatic N) is 2. The predicted octanol–water partition coefficient (Wildman–Crippen LogP) is 4.87. The Labute approximate surface area is 190 Å². The summed E-state index contributed by atoms with van der Waals surface area (Å²) in [5.41, 5.74) is 1.94. The summed E-state index contributed by atoms with van der Waals surface area (Å²) in [6.07, 6.45) is 2.27. The fourth-order valence-corrected chi connectivity index (χ4v) is 4.59. The van der Waals surface area contributed by atoms with Gasteiger partial charge in [0.2, 0.25) is 0 Å². The molecule has 2 aromatic carbocycles. The fourth-order valence-electron chi connectivity index (χ4n) is 4.38. The first kappa shape index (κ1) is 22.0. The van der Waals surface area contributed by atoms with Gasteiger partial charge in [-0.1, -0.05) is 30.7 Å². The van der Waals surface area contributed by atoms with Crippen LogP contribution in [0.4, 0.5) is 20.6 Å². The van der Waals surface area contributed by atoms with Gasteiger partial charge in [0.25, 0.3) is 11.8 Å². The number of hydrogen-bond donors (Lipinski definition) is 1. The lowest BCUT2D eigenvalue weighted by Crippen LogP contribution is -2.54. The molecule has 2 aliphatic rings. The summed E-state index contributed by atoms with van der Waals surface area (Å²) in [4.78, 5) is 40.7. The maximum atomic E-state index is 14.3. The second kappa shape index (κ2) is 7.74. The van der Waals surface area contributed by atoms with Crippen LogP contribution in [0.3, 0.4) is 0 Å². The van der Waals surface area contributed by atoms with Crippen molar-refractivity contribution in [2.75, 3.05) is 16.8 Å². The van der Waals surface area contributed by atoms with Gasteiger partial charge in [-0.2, -0.15) is 0 Å². The molecule has 2 heterocycles. The van der Waals surface area contributed by atoms with E-state index in [4.69, 9.17) is 11.6 Å². The molecule has 0 aromatic heterocycles. The summed E-state index contributed by atoms with van der Waals surface area (Å²) < 4.78 is 14.3. The highest BCUT2D eigenvalue weighted by atomic mass is 35.5. The monoisotopic (exact) mass is 455 g/mol. The highest BCUT2D eigenvalue weighted by molar-refractivity contribution is 6.40. The van der Waals surface area contributed by atoms with Gasteiger partial charge in [0.1, 0.15) is 11.4 Å². The van der Waals surface area contributed by atoms with Crippen molar-refractivity contribution in [1.82, 2.24) is 5.32 Å². The van der Waals surface area contributed by atoms with E-state index in [1.807, 2.05) is 19.2 Å². The number of benzene rings is 2. The number of barbiturate groups is 1. The van der Waals surface area contributed by atoms with Gasteiger partial charge in [0, 0.05) is 23.3 Å². The van der Waals surface area contributed by atoms with Crippen LogP contribution in [0.1, 0.15) is 44.2 Å². The van der Waals surface area contributed by atoms with Gasteiger partial charge in [-0.3, -0.25) is 14.9 Å². The van der Waals surface area contributed by atoms with Crippen molar-refractivity contribution in [3.05, 3.63) is 63.9 Å². The molecule has 1 atom stereocenters. The van der Waals surface area contributed by atoms with Gasteiger partial charge < -0.3 is 4.90 Å². The van der Waals surface area contributed by atoms with E-state index in [-0.39, 0.29) is 22.7 Å². The standard InChI is InChI=1S/C24H23ClFN3O3/c1-13-12-24(2,3)28(4)20-11-17(25)14(9-15(13)20)10-16-21(30)27-23(32)29(22(16)31)19-8-6-5-7-18(19)26/h5-11,13H,12H2,1-4H3,(H,27,30,32)/b16-10-. The van der Waals surface area contributed by atoms with Crippen molar-refractivity contribution in [2.45, 2.75) is 38.6 Å². The molecule has 0 radical (unpaired) electrons. The van der Waals surface area contributed by atoms with Crippen LogP contribution in [0.25, 0.3) is 6.08 Å². The van der Waals surface area contributed by atoms with E-state index in [0.717, 1.165) is 23.7 Å². The maximum absolute atomic E-state index is 14.3. The van der Waals surface area contributed by atoms with Crippen molar-refractivity contribution in [3.8, 4) is 0 Å². The molecule has 6 nitrogen and oxygen atoms in total. The Bertz CT molecular complexity index is 1190. The number of hydrogen-bond acceptors (Lipinski definition) is 4. The number of anilines is 2. The zero-order valence-corrected chi connectivity index (χ0v) is 19.0. The highest BCUT2D eigenvalue weighted by Gasteiger charge is 2.39. The number of halogens is 2. The maximum Gasteiger partial charge on any atom is 0.336 e. The van der Waals surface area contributed by atoms with Gasteiger partial charge in [-0.15, -0.1) is 0 Å². The van der Waals surface area contributed by atoms with Gasteiger partial charge >= 0.3 is 6.03 Å². The van der Waals surface area contributed by atoms with Crippen molar-refractivity contribution in [3.63, 3.8) is 0 Å². The minimum absolute atomic E-state index is 0.0461. The Hall–Kier alpha value is -3.19. The van der Waals surface area contributed by atoms with E-state index in [0.29, 0.717) is 15.5 Å². The van der Waals surface area contributed by atoms with Gasteiger partial charge in [0.05, 0.1) is 5.69 Å². The summed E-state index contributed by atoms with van der Waals surface area (Å²) in [7, 11) is 2.01. The second-order valence-electron chi connectivity index (χ2n) is 8.82. The average molecular weight is 456 g/mol. The van der Waals surface area contributed by atoms with Crippen LogP contribution >= 0.6 is 11.6 Å². The minimum Gasteiger partial charge on any atom is -0.369 e. The lowest BCUT2D eigenvalue weighted by molar-refractivity contribution is -0.122. The predicted molar refractivity (Wildman–Crippen MR) is 122 cm³/mol. The highest BCUT2D eigenvalue weighted by Crippen LogP contribution is 2.44. The third kappa shape index (κ3) is 3.56. The van der Waals surface area contributed by atoms with Crippen LogP contribution < -0.4 is 15.1 Å². The largest absolute Gasteiger partial charge is 0.369 e. The molecular formula is C24H23ClFN3O3. The molecule has 2 aromatic rings. The lowest BCUT2D eigenvalue weighted by Gasteiger charge is -2.45. The molecule has 0 aliphatic carbocycles. The Balaban J connectivity index is 1.79. The summed E-state index contributed by atoms with van der Waals surface area (Å²) in [6.45, 7) is 6.45. The second-order valence-corrected chi connectivity index (χ2v) is 9.23. The molecule has 1 saturated heterocycles. The van der Waals surface area contributed by atoms with Crippen LogP contribution in [-0.4, -0.2) is 30.4 Å². The number of carbonyl (C=O) groups excluding carboxylic acids is 3. The minimum atomic E-state index is -1.00. The molecule has 0 saturated carbocycles. The zero-order valence-electron chi connectivity index (χ0n) is 18.2. The van der Waals surface area contributed by atoms with E-state index in [1.165, 1.54) is 24.3 Å². The molecule has 32 heavy (non-hydrogen) atoms. The number of fused-ring (bicyclic) bond motifs is 1. The lowest BCUT2D eigenvalue weighted by atomic mass is 9.80. The molecule has 0 spiro atoms. The first-order valence-electron chi connectivity index (χ1n) is 10.2. The number of rotatable bonds is 2. The first-order chi connectivity index (χ1) is 15.0. The first-order valence-corrected chi connectivity index (χ1v) is 10.6. The quantitative estimate of drug-likeness (QED) is 0.518. The summed E-state index contributed by atoms with van der Waals surface area (Å²) >= 11 is 6.53. The molecule has 4 amide bonds. The van der Waals surface area contributed by atoms with Crippen molar-refractivity contribution in [1.29, 1.82) is 0 Å². The third-order valence-electron chi connectivity index (χ3n) is 6.25. The van der Waals surface area contributed by atoms with Gasteiger partial charge in [-0.05, 0) is 67.7 Å². The number of carbonyl (C=O) groups is 3. The van der Waals surface area contributed by atoms with E-state index in [1.54, 1.807) is 0 Å². The van der Waals surface area contributed by atoms with Crippen LogP contribution in [0, 0.1) is 5.82 Å². The number of para-hydroxylation sites is 1. The molecule has 2 aliphatic heterocycles.